The average Bonchev–Trinajstić information content (AvgIpc) is 2.54. The quantitative estimate of drug-likeness (QED) is 0.852. The lowest BCUT2D eigenvalue weighted by Gasteiger charge is -2.05. The van der Waals surface area contributed by atoms with Crippen molar-refractivity contribution in [3.05, 3.63) is 77.4 Å². The number of carbonyl (C=O) groups is 1. The Morgan fingerprint density at radius 1 is 1.14 bits per heavy atom. The smallest absolute Gasteiger partial charge is 0.338 e. The minimum atomic E-state index is -0.643. The van der Waals surface area contributed by atoms with Crippen molar-refractivity contribution in [2.75, 3.05) is 6.61 Å². The number of aliphatic hydroxyl groups excluding tert-OH is 1. The van der Waals surface area contributed by atoms with Crippen LogP contribution in [-0.4, -0.2) is 17.7 Å². The number of hydrogen-bond acceptors (Lipinski definition) is 3. The molecule has 2 aromatic rings. The molecule has 0 fully saturated rings. The van der Waals surface area contributed by atoms with Gasteiger partial charge < -0.3 is 9.84 Å². The summed E-state index contributed by atoms with van der Waals surface area (Å²) in [5.41, 5.74) is 2.28. The monoisotopic (exact) mass is 282 g/mol. The molecule has 2 rings (SSSR count). The van der Waals surface area contributed by atoms with Crippen LogP contribution >= 0.6 is 0 Å². The first-order valence-corrected chi connectivity index (χ1v) is 6.89. The summed E-state index contributed by atoms with van der Waals surface area (Å²) in [6.45, 7) is 2.14. The predicted molar refractivity (Wildman–Crippen MR) is 82.8 cm³/mol. The molecule has 0 saturated carbocycles. The normalized spacial score (nSPS) is 12.3. The Balaban J connectivity index is 2.03. The Bertz CT molecular complexity index is 600. The van der Waals surface area contributed by atoms with Crippen molar-refractivity contribution < 1.29 is 14.6 Å². The predicted octanol–water partition coefficient (Wildman–Crippen LogP) is 3.61. The maximum absolute atomic E-state index is 11.5. The third-order valence-corrected chi connectivity index (χ3v) is 3.03. The van der Waals surface area contributed by atoms with E-state index < -0.39 is 6.10 Å². The first-order chi connectivity index (χ1) is 10.2. The van der Waals surface area contributed by atoms with Crippen molar-refractivity contribution in [3.8, 4) is 0 Å². The minimum absolute atomic E-state index is 0.322. The van der Waals surface area contributed by atoms with Gasteiger partial charge in [0.15, 0.2) is 0 Å². The molecule has 0 aliphatic rings. The van der Waals surface area contributed by atoms with Crippen molar-refractivity contribution >= 4 is 12.0 Å². The van der Waals surface area contributed by atoms with Gasteiger partial charge >= 0.3 is 5.97 Å². The molecule has 2 aromatic carbocycles. The van der Waals surface area contributed by atoms with E-state index in [9.17, 15) is 9.90 Å². The summed E-state index contributed by atoms with van der Waals surface area (Å²) in [5, 5.41) is 10.0. The minimum Gasteiger partial charge on any atom is -0.462 e. The van der Waals surface area contributed by atoms with E-state index in [0.29, 0.717) is 12.2 Å². The summed E-state index contributed by atoms with van der Waals surface area (Å²) < 4.78 is 4.93. The second kappa shape index (κ2) is 7.41. The first kappa shape index (κ1) is 15.0. The van der Waals surface area contributed by atoms with E-state index in [2.05, 4.69) is 0 Å². The molecule has 0 radical (unpaired) electrons. The number of hydrogen-bond donors (Lipinski definition) is 1. The summed E-state index contributed by atoms with van der Waals surface area (Å²) in [7, 11) is 0. The third-order valence-electron chi connectivity index (χ3n) is 3.03. The molecular formula is C18H18O3. The molecular weight excluding hydrogens is 264 g/mol. The largest absolute Gasteiger partial charge is 0.462 e. The van der Waals surface area contributed by atoms with Gasteiger partial charge in [-0.25, -0.2) is 4.79 Å². The molecule has 0 aliphatic carbocycles. The number of esters is 1. The highest BCUT2D eigenvalue weighted by Gasteiger charge is 2.05. The topological polar surface area (TPSA) is 46.5 Å². The summed E-state index contributed by atoms with van der Waals surface area (Å²) in [4.78, 5) is 11.5. The van der Waals surface area contributed by atoms with Gasteiger partial charge in [0.1, 0.15) is 0 Å². The zero-order chi connectivity index (χ0) is 15.1. The second-order valence-corrected chi connectivity index (χ2v) is 4.56. The van der Waals surface area contributed by atoms with Crippen molar-refractivity contribution in [1.82, 2.24) is 0 Å². The van der Waals surface area contributed by atoms with E-state index in [4.69, 9.17) is 4.74 Å². The highest BCUT2D eigenvalue weighted by molar-refractivity contribution is 5.89. The molecule has 0 amide bonds. The fraction of sp³-hybridized carbons (Fsp3) is 0.167. The number of carbonyl (C=O) groups excluding carboxylic acids is 1. The molecule has 0 aliphatic heterocycles. The Kier molecular flexibility index (Phi) is 5.29. The summed E-state index contributed by atoms with van der Waals surface area (Å²) in [6.07, 6.45) is 2.90. The fourth-order valence-corrected chi connectivity index (χ4v) is 1.91. The van der Waals surface area contributed by atoms with Gasteiger partial charge in [0.05, 0.1) is 18.3 Å². The van der Waals surface area contributed by atoms with Crippen LogP contribution in [0.1, 0.15) is 34.5 Å². The zero-order valence-corrected chi connectivity index (χ0v) is 11.9. The standard InChI is InChI=1S/C18H18O3/c1-2-21-18(20)16-11-8-14(9-12-16)10-13-17(19)15-6-4-3-5-7-15/h3-13,17,19H,2H2,1H3/b13-10-. The Morgan fingerprint density at radius 2 is 1.81 bits per heavy atom. The highest BCUT2D eigenvalue weighted by Crippen LogP contribution is 2.15. The van der Waals surface area contributed by atoms with E-state index in [1.807, 2.05) is 48.5 Å². The number of rotatable bonds is 5. The maximum Gasteiger partial charge on any atom is 0.338 e. The molecule has 0 saturated heterocycles. The Morgan fingerprint density at radius 3 is 2.43 bits per heavy atom. The molecule has 1 N–H and O–H groups in total. The summed E-state index contributed by atoms with van der Waals surface area (Å²) >= 11 is 0. The third kappa shape index (κ3) is 4.29. The van der Waals surface area contributed by atoms with Crippen molar-refractivity contribution in [3.63, 3.8) is 0 Å². The Hall–Kier alpha value is -2.39. The van der Waals surface area contributed by atoms with Gasteiger partial charge in [0.25, 0.3) is 0 Å². The second-order valence-electron chi connectivity index (χ2n) is 4.56. The van der Waals surface area contributed by atoms with Crippen LogP contribution in [0.2, 0.25) is 0 Å². The zero-order valence-electron chi connectivity index (χ0n) is 11.9. The molecule has 3 nitrogen and oxygen atoms in total. The maximum atomic E-state index is 11.5. The van der Waals surface area contributed by atoms with E-state index in [1.54, 1.807) is 25.1 Å². The van der Waals surface area contributed by atoms with E-state index in [1.165, 1.54) is 0 Å². The van der Waals surface area contributed by atoms with Crippen molar-refractivity contribution in [2.24, 2.45) is 0 Å². The molecule has 21 heavy (non-hydrogen) atoms. The number of benzene rings is 2. The van der Waals surface area contributed by atoms with E-state index in [-0.39, 0.29) is 5.97 Å². The van der Waals surface area contributed by atoms with Crippen LogP contribution < -0.4 is 0 Å². The number of aliphatic hydroxyl groups is 1. The number of ether oxygens (including phenoxy) is 1. The lowest BCUT2D eigenvalue weighted by Crippen LogP contribution is -2.03. The highest BCUT2D eigenvalue weighted by atomic mass is 16.5. The van der Waals surface area contributed by atoms with Gasteiger partial charge in [-0.05, 0) is 30.2 Å². The van der Waals surface area contributed by atoms with Crippen LogP contribution in [-0.2, 0) is 4.74 Å². The van der Waals surface area contributed by atoms with Gasteiger partial charge in [-0.3, -0.25) is 0 Å². The molecule has 108 valence electrons. The summed E-state index contributed by atoms with van der Waals surface area (Å²) in [5.74, 6) is -0.322. The van der Waals surface area contributed by atoms with E-state index in [0.717, 1.165) is 11.1 Å². The van der Waals surface area contributed by atoms with Crippen LogP contribution in [0, 0.1) is 0 Å². The fourth-order valence-electron chi connectivity index (χ4n) is 1.91. The van der Waals surface area contributed by atoms with E-state index >= 15 is 0 Å². The van der Waals surface area contributed by atoms with Crippen LogP contribution in [0.15, 0.2) is 60.7 Å². The van der Waals surface area contributed by atoms with Crippen LogP contribution in [0.25, 0.3) is 6.08 Å². The Labute approximate surface area is 124 Å². The molecule has 0 aromatic heterocycles. The molecule has 1 unspecified atom stereocenters. The lowest BCUT2D eigenvalue weighted by molar-refractivity contribution is 0.0526. The summed E-state index contributed by atoms with van der Waals surface area (Å²) in [6, 6.07) is 16.5. The van der Waals surface area contributed by atoms with Gasteiger partial charge in [0, 0.05) is 0 Å². The SMILES string of the molecule is CCOC(=O)c1ccc(/C=C\C(O)c2ccccc2)cc1. The van der Waals surface area contributed by atoms with Crippen molar-refractivity contribution in [2.45, 2.75) is 13.0 Å². The first-order valence-electron chi connectivity index (χ1n) is 6.89. The molecule has 0 bridgehead atoms. The molecule has 0 spiro atoms. The average molecular weight is 282 g/mol. The lowest BCUT2D eigenvalue weighted by atomic mass is 10.1. The van der Waals surface area contributed by atoms with Gasteiger partial charge in [-0.2, -0.15) is 0 Å². The van der Waals surface area contributed by atoms with Crippen molar-refractivity contribution in [1.29, 1.82) is 0 Å². The van der Waals surface area contributed by atoms with Crippen LogP contribution in [0.3, 0.4) is 0 Å². The van der Waals surface area contributed by atoms with Gasteiger partial charge in [-0.15, -0.1) is 0 Å². The van der Waals surface area contributed by atoms with Gasteiger partial charge in [0.2, 0.25) is 0 Å². The molecule has 1 atom stereocenters. The van der Waals surface area contributed by atoms with Crippen LogP contribution in [0.4, 0.5) is 0 Å². The van der Waals surface area contributed by atoms with Crippen LogP contribution in [0.5, 0.6) is 0 Å². The molecule has 3 heteroatoms. The molecule has 0 heterocycles. The van der Waals surface area contributed by atoms with Gasteiger partial charge in [-0.1, -0.05) is 54.6 Å².